The largest absolute Gasteiger partial charge is 0.492 e. The minimum atomic E-state index is -0.121. The quantitative estimate of drug-likeness (QED) is 0.900. The van der Waals surface area contributed by atoms with Gasteiger partial charge in [-0.25, -0.2) is 0 Å². The molecule has 0 fully saturated rings. The summed E-state index contributed by atoms with van der Waals surface area (Å²) >= 11 is 1.51. The van der Waals surface area contributed by atoms with Crippen LogP contribution in [0.4, 0.5) is 10.7 Å². The van der Waals surface area contributed by atoms with Gasteiger partial charge in [-0.2, -0.15) is 0 Å². The smallest absolute Gasteiger partial charge is 0.221 e. The van der Waals surface area contributed by atoms with Crippen molar-refractivity contribution >= 4 is 27.9 Å². The average Bonchev–Trinajstić information content (AvgIpc) is 2.78. The fourth-order valence-electron chi connectivity index (χ4n) is 1.76. The maximum absolute atomic E-state index is 11.2. The Hall–Kier alpha value is -2.01. The molecular formula is C14H16N2O2S. The molecule has 0 radical (unpaired) electrons. The molecule has 100 valence electrons. The molecule has 0 saturated carbocycles. The van der Waals surface area contributed by atoms with Gasteiger partial charge in [0, 0.05) is 11.8 Å². The van der Waals surface area contributed by atoms with E-state index >= 15 is 0 Å². The molecule has 0 bridgehead atoms. The second-order valence-corrected chi connectivity index (χ2v) is 5.14. The van der Waals surface area contributed by atoms with Gasteiger partial charge in [0.25, 0.3) is 0 Å². The normalized spacial score (nSPS) is 10.2. The predicted molar refractivity (Wildman–Crippen MR) is 79.6 cm³/mol. The van der Waals surface area contributed by atoms with Crippen LogP contribution in [0.2, 0.25) is 0 Å². The van der Waals surface area contributed by atoms with Gasteiger partial charge in [0.05, 0.1) is 17.3 Å². The van der Waals surface area contributed by atoms with Gasteiger partial charge in [-0.15, -0.1) is 11.3 Å². The first kappa shape index (κ1) is 13.4. The van der Waals surface area contributed by atoms with E-state index < -0.39 is 0 Å². The second kappa shape index (κ2) is 5.75. The summed E-state index contributed by atoms with van der Waals surface area (Å²) in [6.45, 7) is 3.94. The van der Waals surface area contributed by atoms with Crippen molar-refractivity contribution in [2.75, 3.05) is 17.7 Å². The summed E-state index contributed by atoms with van der Waals surface area (Å²) < 4.78 is 5.50. The van der Waals surface area contributed by atoms with Gasteiger partial charge in [-0.1, -0.05) is 0 Å². The summed E-state index contributed by atoms with van der Waals surface area (Å²) in [5.41, 5.74) is 7.42. The standard InChI is InChI=1S/C14H16N2O2S/c1-3-18-12-5-4-10(8-11(12)16-9(2)17)13-6-7-14(15)19-13/h4-8H,3,15H2,1-2H3,(H,16,17). The van der Waals surface area contributed by atoms with Crippen molar-refractivity contribution in [1.82, 2.24) is 0 Å². The molecule has 1 aromatic carbocycles. The lowest BCUT2D eigenvalue weighted by atomic mass is 10.1. The maximum Gasteiger partial charge on any atom is 0.221 e. The Morgan fingerprint density at radius 2 is 2.16 bits per heavy atom. The van der Waals surface area contributed by atoms with Gasteiger partial charge < -0.3 is 15.8 Å². The number of nitrogens with one attached hydrogen (secondary N) is 1. The lowest BCUT2D eigenvalue weighted by molar-refractivity contribution is -0.114. The first-order valence-corrected chi connectivity index (χ1v) is 6.82. The summed E-state index contributed by atoms with van der Waals surface area (Å²) in [5, 5.41) is 3.55. The molecule has 1 amide bonds. The number of amides is 1. The first-order chi connectivity index (χ1) is 9.10. The lowest BCUT2D eigenvalue weighted by Crippen LogP contribution is -2.08. The monoisotopic (exact) mass is 276 g/mol. The highest BCUT2D eigenvalue weighted by Gasteiger charge is 2.09. The fourth-order valence-corrected chi connectivity index (χ4v) is 2.53. The van der Waals surface area contributed by atoms with E-state index in [9.17, 15) is 4.79 Å². The topological polar surface area (TPSA) is 64.3 Å². The lowest BCUT2D eigenvalue weighted by Gasteiger charge is -2.11. The van der Waals surface area contributed by atoms with E-state index in [0.717, 1.165) is 15.4 Å². The molecule has 2 rings (SSSR count). The number of nitrogens with two attached hydrogens (primary N) is 1. The number of hydrogen-bond donors (Lipinski definition) is 2. The van der Waals surface area contributed by atoms with Crippen molar-refractivity contribution in [1.29, 1.82) is 0 Å². The molecule has 3 N–H and O–H groups in total. The SMILES string of the molecule is CCOc1ccc(-c2ccc(N)s2)cc1NC(C)=O. The van der Waals surface area contributed by atoms with Crippen molar-refractivity contribution in [3.05, 3.63) is 30.3 Å². The molecule has 0 saturated heterocycles. The summed E-state index contributed by atoms with van der Waals surface area (Å²) in [5.74, 6) is 0.551. The van der Waals surface area contributed by atoms with Crippen LogP contribution >= 0.6 is 11.3 Å². The van der Waals surface area contributed by atoms with Crippen molar-refractivity contribution in [3.63, 3.8) is 0 Å². The van der Waals surface area contributed by atoms with Crippen LogP contribution in [0.15, 0.2) is 30.3 Å². The van der Waals surface area contributed by atoms with E-state index in [1.807, 2.05) is 37.3 Å². The highest BCUT2D eigenvalue weighted by Crippen LogP contribution is 2.35. The summed E-state index contributed by atoms with van der Waals surface area (Å²) in [7, 11) is 0. The number of thiophene rings is 1. The van der Waals surface area contributed by atoms with E-state index in [2.05, 4.69) is 5.32 Å². The zero-order chi connectivity index (χ0) is 13.8. The molecule has 0 aliphatic carbocycles. The van der Waals surface area contributed by atoms with Crippen LogP contribution in [0.25, 0.3) is 10.4 Å². The van der Waals surface area contributed by atoms with E-state index in [-0.39, 0.29) is 5.91 Å². The Bertz CT molecular complexity index is 593. The van der Waals surface area contributed by atoms with E-state index in [1.54, 1.807) is 0 Å². The minimum absolute atomic E-state index is 0.121. The van der Waals surface area contributed by atoms with Crippen molar-refractivity contribution in [2.24, 2.45) is 0 Å². The van der Waals surface area contributed by atoms with Crippen molar-refractivity contribution in [2.45, 2.75) is 13.8 Å². The summed E-state index contributed by atoms with van der Waals surface area (Å²) in [4.78, 5) is 12.3. The number of rotatable bonds is 4. The molecule has 0 spiro atoms. The van der Waals surface area contributed by atoms with Crippen LogP contribution in [0.5, 0.6) is 5.75 Å². The van der Waals surface area contributed by atoms with E-state index in [4.69, 9.17) is 10.5 Å². The third kappa shape index (κ3) is 3.26. The van der Waals surface area contributed by atoms with Crippen LogP contribution in [0, 0.1) is 0 Å². The summed E-state index contributed by atoms with van der Waals surface area (Å²) in [6.07, 6.45) is 0. The number of hydrogen-bond acceptors (Lipinski definition) is 4. The van der Waals surface area contributed by atoms with Gasteiger partial charge in [-0.3, -0.25) is 4.79 Å². The summed E-state index contributed by atoms with van der Waals surface area (Å²) in [6, 6.07) is 9.56. The molecule has 0 aliphatic rings. The van der Waals surface area contributed by atoms with Crippen LogP contribution in [-0.2, 0) is 4.79 Å². The van der Waals surface area contributed by atoms with Crippen LogP contribution < -0.4 is 15.8 Å². The Morgan fingerprint density at radius 3 is 2.74 bits per heavy atom. The minimum Gasteiger partial charge on any atom is -0.492 e. The molecule has 19 heavy (non-hydrogen) atoms. The molecule has 0 atom stereocenters. The zero-order valence-electron chi connectivity index (χ0n) is 10.9. The van der Waals surface area contributed by atoms with E-state index in [1.165, 1.54) is 18.3 Å². The molecule has 1 aromatic heterocycles. The highest BCUT2D eigenvalue weighted by atomic mass is 32.1. The molecule has 2 aromatic rings. The zero-order valence-corrected chi connectivity index (χ0v) is 11.7. The van der Waals surface area contributed by atoms with Gasteiger partial charge in [-0.05, 0) is 42.8 Å². The highest BCUT2D eigenvalue weighted by molar-refractivity contribution is 7.19. The fraction of sp³-hybridized carbons (Fsp3) is 0.214. The van der Waals surface area contributed by atoms with Gasteiger partial charge in [0.1, 0.15) is 5.75 Å². The molecule has 0 aliphatic heterocycles. The molecule has 4 nitrogen and oxygen atoms in total. The second-order valence-electron chi connectivity index (χ2n) is 4.03. The Kier molecular flexibility index (Phi) is 4.06. The third-order valence-corrected chi connectivity index (χ3v) is 3.46. The maximum atomic E-state index is 11.2. The van der Waals surface area contributed by atoms with Crippen LogP contribution in [0.1, 0.15) is 13.8 Å². The number of nitrogen functional groups attached to an aromatic ring is 1. The molecule has 0 unspecified atom stereocenters. The average molecular weight is 276 g/mol. The Balaban J connectivity index is 2.39. The third-order valence-electron chi connectivity index (χ3n) is 2.50. The predicted octanol–water partition coefficient (Wildman–Crippen LogP) is 3.35. The van der Waals surface area contributed by atoms with Gasteiger partial charge in [0.15, 0.2) is 0 Å². The number of carbonyl (C=O) groups excluding carboxylic acids is 1. The first-order valence-electron chi connectivity index (χ1n) is 6.00. The number of anilines is 2. The Labute approximate surface area is 116 Å². The number of carbonyl (C=O) groups is 1. The molecule has 5 heteroatoms. The van der Waals surface area contributed by atoms with Gasteiger partial charge in [0.2, 0.25) is 5.91 Å². The van der Waals surface area contributed by atoms with Gasteiger partial charge >= 0.3 is 0 Å². The number of ether oxygens (including phenoxy) is 1. The number of benzene rings is 1. The molecular weight excluding hydrogens is 260 g/mol. The van der Waals surface area contributed by atoms with Crippen molar-refractivity contribution in [3.8, 4) is 16.2 Å². The van der Waals surface area contributed by atoms with E-state index in [0.29, 0.717) is 18.0 Å². The molecule has 1 heterocycles. The Morgan fingerprint density at radius 1 is 1.37 bits per heavy atom. The van der Waals surface area contributed by atoms with Crippen LogP contribution in [-0.4, -0.2) is 12.5 Å². The van der Waals surface area contributed by atoms with Crippen LogP contribution in [0.3, 0.4) is 0 Å². The van der Waals surface area contributed by atoms with Crippen molar-refractivity contribution < 1.29 is 9.53 Å².